The first-order chi connectivity index (χ1) is 15.9. The Morgan fingerprint density at radius 3 is 2.47 bits per heavy atom. The SMILES string of the molecule is COc1cc2c(cc1/C=C1/C(=O)NC(=O)N(c3ccc(Cl)c(Cl)c3)C1=O)C(C)CC(C)(C)N2C. The highest BCUT2D eigenvalue weighted by atomic mass is 35.5. The Morgan fingerprint density at radius 1 is 1.12 bits per heavy atom. The van der Waals surface area contributed by atoms with Crippen molar-refractivity contribution < 1.29 is 19.1 Å². The van der Waals surface area contributed by atoms with Crippen molar-refractivity contribution in [2.45, 2.75) is 38.6 Å². The summed E-state index contributed by atoms with van der Waals surface area (Å²) in [5.74, 6) is -0.772. The van der Waals surface area contributed by atoms with Crippen LogP contribution in [0.1, 0.15) is 44.2 Å². The normalized spacial score (nSPS) is 21.0. The van der Waals surface area contributed by atoms with Crippen LogP contribution in [0.3, 0.4) is 0 Å². The molecule has 2 aliphatic rings. The molecule has 9 heteroatoms. The number of halogens is 2. The second-order valence-corrected chi connectivity index (χ2v) is 10.0. The van der Waals surface area contributed by atoms with E-state index in [-0.39, 0.29) is 32.8 Å². The van der Waals surface area contributed by atoms with Gasteiger partial charge in [-0.3, -0.25) is 14.9 Å². The fourth-order valence-corrected chi connectivity index (χ4v) is 4.86. The first-order valence-corrected chi connectivity index (χ1v) is 11.5. The van der Waals surface area contributed by atoms with E-state index in [0.29, 0.717) is 11.3 Å². The fourth-order valence-electron chi connectivity index (χ4n) is 4.57. The Bertz CT molecular complexity index is 1250. The molecule has 0 saturated carbocycles. The summed E-state index contributed by atoms with van der Waals surface area (Å²) >= 11 is 12.0. The van der Waals surface area contributed by atoms with E-state index in [1.165, 1.54) is 31.4 Å². The number of imide groups is 2. The van der Waals surface area contributed by atoms with Crippen LogP contribution in [0.25, 0.3) is 6.08 Å². The maximum absolute atomic E-state index is 13.3. The fraction of sp³-hybridized carbons (Fsp3) is 0.320. The number of hydrogen-bond acceptors (Lipinski definition) is 5. The van der Waals surface area contributed by atoms with Gasteiger partial charge in [0.25, 0.3) is 11.8 Å². The van der Waals surface area contributed by atoms with E-state index in [0.717, 1.165) is 22.6 Å². The van der Waals surface area contributed by atoms with Crippen molar-refractivity contribution in [2.24, 2.45) is 0 Å². The van der Waals surface area contributed by atoms with Crippen LogP contribution in [0.2, 0.25) is 10.0 Å². The topological polar surface area (TPSA) is 79.0 Å². The van der Waals surface area contributed by atoms with E-state index in [1.54, 1.807) is 0 Å². The van der Waals surface area contributed by atoms with Crippen LogP contribution >= 0.6 is 23.2 Å². The minimum Gasteiger partial charge on any atom is -0.496 e. The Hall–Kier alpha value is -3.03. The van der Waals surface area contributed by atoms with Gasteiger partial charge in [-0.2, -0.15) is 0 Å². The van der Waals surface area contributed by atoms with Crippen LogP contribution in [0.4, 0.5) is 16.2 Å². The van der Waals surface area contributed by atoms with Gasteiger partial charge < -0.3 is 9.64 Å². The first kappa shape index (κ1) is 24.1. The third-order valence-electron chi connectivity index (χ3n) is 6.55. The molecule has 0 bridgehead atoms. The van der Waals surface area contributed by atoms with Gasteiger partial charge in [-0.15, -0.1) is 0 Å². The van der Waals surface area contributed by atoms with Crippen LogP contribution in [-0.2, 0) is 9.59 Å². The van der Waals surface area contributed by atoms with Gasteiger partial charge in [0.2, 0.25) is 0 Å². The minimum absolute atomic E-state index is 0.0304. The number of hydrogen-bond donors (Lipinski definition) is 1. The Labute approximate surface area is 208 Å². The van der Waals surface area contributed by atoms with Crippen molar-refractivity contribution in [3.05, 3.63) is 57.1 Å². The lowest BCUT2D eigenvalue weighted by Crippen LogP contribution is -2.54. The average Bonchev–Trinajstić information content (AvgIpc) is 2.76. The molecule has 1 saturated heterocycles. The molecule has 2 heterocycles. The molecule has 0 spiro atoms. The number of nitrogens with one attached hydrogen (secondary N) is 1. The van der Waals surface area contributed by atoms with Crippen molar-refractivity contribution in [3.8, 4) is 5.75 Å². The number of rotatable bonds is 3. The summed E-state index contributed by atoms with van der Waals surface area (Å²) in [5.41, 5.74) is 2.68. The van der Waals surface area contributed by atoms with Gasteiger partial charge in [-0.1, -0.05) is 30.1 Å². The number of fused-ring (bicyclic) bond motifs is 1. The zero-order valence-corrected chi connectivity index (χ0v) is 21.0. The summed E-state index contributed by atoms with van der Waals surface area (Å²) in [6.45, 7) is 6.53. The highest BCUT2D eigenvalue weighted by Gasteiger charge is 2.38. The molecule has 178 valence electrons. The van der Waals surface area contributed by atoms with E-state index in [9.17, 15) is 14.4 Å². The molecular formula is C25H25Cl2N3O4. The van der Waals surface area contributed by atoms with Gasteiger partial charge in [0.15, 0.2) is 0 Å². The molecule has 4 rings (SSSR count). The summed E-state index contributed by atoms with van der Waals surface area (Å²) in [6.07, 6.45) is 2.40. The van der Waals surface area contributed by atoms with E-state index < -0.39 is 17.8 Å². The lowest BCUT2D eigenvalue weighted by molar-refractivity contribution is -0.122. The lowest BCUT2D eigenvalue weighted by atomic mass is 9.79. The Morgan fingerprint density at radius 2 is 1.82 bits per heavy atom. The van der Waals surface area contributed by atoms with Crippen LogP contribution in [0.5, 0.6) is 5.75 Å². The Balaban J connectivity index is 1.80. The van der Waals surface area contributed by atoms with Crippen molar-refractivity contribution in [3.63, 3.8) is 0 Å². The molecule has 0 aromatic heterocycles. The van der Waals surface area contributed by atoms with Crippen LogP contribution in [0.15, 0.2) is 35.9 Å². The number of carbonyl (C=O) groups excluding carboxylic acids is 3. The zero-order valence-electron chi connectivity index (χ0n) is 19.5. The smallest absolute Gasteiger partial charge is 0.335 e. The number of anilines is 2. The molecule has 1 unspecified atom stereocenters. The molecule has 2 aromatic rings. The maximum atomic E-state index is 13.3. The number of urea groups is 1. The third-order valence-corrected chi connectivity index (χ3v) is 7.29. The van der Waals surface area contributed by atoms with Crippen LogP contribution in [0, 0.1) is 0 Å². The monoisotopic (exact) mass is 501 g/mol. The predicted octanol–water partition coefficient (Wildman–Crippen LogP) is 5.39. The molecule has 7 nitrogen and oxygen atoms in total. The maximum Gasteiger partial charge on any atom is 0.335 e. The van der Waals surface area contributed by atoms with E-state index in [4.69, 9.17) is 27.9 Å². The minimum atomic E-state index is -0.861. The number of carbonyl (C=O) groups is 3. The molecule has 1 fully saturated rings. The van der Waals surface area contributed by atoms with E-state index in [1.807, 2.05) is 19.2 Å². The van der Waals surface area contributed by atoms with Gasteiger partial charge in [-0.25, -0.2) is 9.69 Å². The summed E-state index contributed by atoms with van der Waals surface area (Å²) < 4.78 is 5.61. The molecule has 2 aliphatic heterocycles. The van der Waals surface area contributed by atoms with E-state index >= 15 is 0 Å². The molecule has 1 N–H and O–H groups in total. The van der Waals surface area contributed by atoms with Crippen molar-refractivity contribution >= 4 is 58.5 Å². The number of barbiturate groups is 1. The van der Waals surface area contributed by atoms with Gasteiger partial charge in [0.05, 0.1) is 22.8 Å². The Kier molecular flexibility index (Phi) is 6.12. The number of ether oxygens (including phenoxy) is 1. The highest BCUT2D eigenvalue weighted by Crippen LogP contribution is 2.45. The third kappa shape index (κ3) is 4.03. The first-order valence-electron chi connectivity index (χ1n) is 10.8. The quantitative estimate of drug-likeness (QED) is 0.450. The lowest BCUT2D eigenvalue weighted by Gasteiger charge is -2.45. The van der Waals surface area contributed by atoms with Gasteiger partial charge >= 0.3 is 6.03 Å². The van der Waals surface area contributed by atoms with Crippen molar-refractivity contribution in [2.75, 3.05) is 24.0 Å². The summed E-state index contributed by atoms with van der Waals surface area (Å²) in [4.78, 5) is 41.5. The molecule has 4 amide bonds. The second-order valence-electron chi connectivity index (χ2n) is 9.19. The molecule has 34 heavy (non-hydrogen) atoms. The zero-order chi connectivity index (χ0) is 24.9. The predicted molar refractivity (Wildman–Crippen MR) is 134 cm³/mol. The van der Waals surface area contributed by atoms with Crippen molar-refractivity contribution in [1.29, 1.82) is 0 Å². The van der Waals surface area contributed by atoms with Gasteiger partial charge in [0.1, 0.15) is 11.3 Å². The highest BCUT2D eigenvalue weighted by molar-refractivity contribution is 6.43. The van der Waals surface area contributed by atoms with Gasteiger partial charge in [-0.05, 0) is 62.1 Å². The molecular weight excluding hydrogens is 477 g/mol. The number of amides is 4. The van der Waals surface area contributed by atoms with Crippen LogP contribution < -0.4 is 19.9 Å². The number of nitrogens with zero attached hydrogens (tertiary/aromatic N) is 2. The van der Waals surface area contributed by atoms with Crippen LogP contribution in [-0.4, -0.2) is 37.5 Å². The summed E-state index contributed by atoms with van der Waals surface area (Å²) in [7, 11) is 3.58. The number of benzene rings is 2. The van der Waals surface area contributed by atoms with Crippen molar-refractivity contribution in [1.82, 2.24) is 5.32 Å². The molecule has 0 radical (unpaired) electrons. The summed E-state index contributed by atoms with van der Waals surface area (Å²) in [5, 5.41) is 2.68. The largest absolute Gasteiger partial charge is 0.496 e. The van der Waals surface area contributed by atoms with Gasteiger partial charge in [0, 0.05) is 29.9 Å². The molecule has 1 atom stereocenters. The number of methoxy groups -OCH3 is 1. The molecule has 0 aliphatic carbocycles. The standard InChI is InChI=1S/C25H25Cl2N3O4/c1-13-12-25(2,3)29(4)20-11-21(34-5)14(8-16(13)20)9-17-22(31)28-24(33)30(23(17)32)15-6-7-18(26)19(27)10-15/h6-11,13H,12H2,1-5H3,(H,28,31,33)/b17-9-. The molecule has 2 aromatic carbocycles. The summed E-state index contributed by atoms with van der Waals surface area (Å²) in [6, 6.07) is 7.36. The second kappa shape index (κ2) is 8.64. The van der Waals surface area contributed by atoms with E-state index in [2.05, 4.69) is 31.0 Å². The average molecular weight is 502 g/mol.